The molecule has 2 aromatic carbocycles. The van der Waals surface area contributed by atoms with Crippen molar-refractivity contribution in [1.29, 1.82) is 0 Å². The van der Waals surface area contributed by atoms with Crippen molar-refractivity contribution in [3.8, 4) is 16.9 Å². The minimum Gasteiger partial charge on any atom is -0.495 e. The molecule has 2 rings (SSSR count). The van der Waals surface area contributed by atoms with Gasteiger partial charge in [0.2, 0.25) is 0 Å². The summed E-state index contributed by atoms with van der Waals surface area (Å²) in [5.41, 5.74) is 7.34. The predicted octanol–water partition coefficient (Wildman–Crippen LogP) is 4.39. The van der Waals surface area contributed by atoms with Crippen molar-refractivity contribution >= 4 is 28.9 Å². The van der Waals surface area contributed by atoms with Crippen LogP contribution >= 0.6 is 23.2 Å². The van der Waals surface area contributed by atoms with E-state index in [0.717, 1.165) is 0 Å². The van der Waals surface area contributed by atoms with Crippen LogP contribution in [0.4, 0.5) is 10.1 Å². The predicted molar refractivity (Wildman–Crippen MR) is 72.8 cm³/mol. The monoisotopic (exact) mass is 285 g/mol. The molecule has 0 aliphatic carbocycles. The fourth-order valence-electron chi connectivity index (χ4n) is 1.67. The molecular weight excluding hydrogens is 276 g/mol. The van der Waals surface area contributed by atoms with E-state index in [2.05, 4.69) is 0 Å². The summed E-state index contributed by atoms with van der Waals surface area (Å²) in [6.45, 7) is 0. The Morgan fingerprint density at radius 1 is 1.06 bits per heavy atom. The van der Waals surface area contributed by atoms with Gasteiger partial charge in [0.05, 0.1) is 17.2 Å². The molecule has 0 saturated carbocycles. The molecule has 0 amide bonds. The van der Waals surface area contributed by atoms with Crippen LogP contribution in [0.1, 0.15) is 0 Å². The molecular formula is C13H10Cl2FNO. The number of ether oxygens (including phenoxy) is 1. The molecule has 0 saturated heterocycles. The van der Waals surface area contributed by atoms with Gasteiger partial charge in [-0.15, -0.1) is 0 Å². The van der Waals surface area contributed by atoms with Crippen molar-refractivity contribution in [1.82, 2.24) is 0 Å². The lowest BCUT2D eigenvalue weighted by Gasteiger charge is -2.11. The number of nitrogens with two attached hydrogens (primary N) is 1. The van der Waals surface area contributed by atoms with Gasteiger partial charge in [-0.2, -0.15) is 0 Å². The number of hydrogen-bond donors (Lipinski definition) is 1. The van der Waals surface area contributed by atoms with Crippen LogP contribution in [-0.4, -0.2) is 7.11 Å². The van der Waals surface area contributed by atoms with E-state index in [1.807, 2.05) is 0 Å². The second-order valence-electron chi connectivity index (χ2n) is 3.70. The zero-order valence-corrected chi connectivity index (χ0v) is 11.0. The highest BCUT2D eigenvalue weighted by molar-refractivity contribution is 6.36. The topological polar surface area (TPSA) is 35.2 Å². The summed E-state index contributed by atoms with van der Waals surface area (Å²) in [4.78, 5) is 0. The highest BCUT2D eigenvalue weighted by Crippen LogP contribution is 2.38. The van der Waals surface area contributed by atoms with Crippen LogP contribution in [0, 0.1) is 5.82 Å². The molecule has 0 bridgehead atoms. The third kappa shape index (κ3) is 2.37. The first kappa shape index (κ1) is 13.0. The third-order valence-corrected chi connectivity index (χ3v) is 3.15. The van der Waals surface area contributed by atoms with E-state index in [9.17, 15) is 4.39 Å². The van der Waals surface area contributed by atoms with Gasteiger partial charge in [-0.1, -0.05) is 23.2 Å². The summed E-state index contributed by atoms with van der Waals surface area (Å²) in [5.74, 6) is 0.0816. The van der Waals surface area contributed by atoms with Crippen LogP contribution < -0.4 is 10.5 Å². The summed E-state index contributed by atoms with van der Waals surface area (Å²) in [5, 5.41) is 0.857. The van der Waals surface area contributed by atoms with Gasteiger partial charge in [0.15, 0.2) is 0 Å². The Bertz CT molecular complexity index is 602. The molecule has 0 unspecified atom stereocenters. The molecule has 0 radical (unpaired) electrons. The van der Waals surface area contributed by atoms with Crippen LogP contribution in [0.25, 0.3) is 11.1 Å². The standard InChI is InChI=1S/C13H10Cl2FNO/c1-18-13-6-10(14)9(5-11(13)15)8-3-2-7(16)4-12(8)17/h2-6H,17H2,1H3. The second-order valence-corrected chi connectivity index (χ2v) is 4.51. The maximum atomic E-state index is 13.0. The second kappa shape index (κ2) is 5.04. The number of halogens is 3. The molecule has 5 heteroatoms. The molecule has 2 aromatic rings. The van der Waals surface area contributed by atoms with Crippen molar-refractivity contribution in [3.63, 3.8) is 0 Å². The maximum Gasteiger partial charge on any atom is 0.138 e. The van der Waals surface area contributed by atoms with Crippen molar-refractivity contribution in [2.45, 2.75) is 0 Å². The Labute approximate surface area is 114 Å². The van der Waals surface area contributed by atoms with Crippen molar-refractivity contribution in [2.24, 2.45) is 0 Å². The first-order valence-electron chi connectivity index (χ1n) is 5.11. The molecule has 0 fully saturated rings. The molecule has 2 N–H and O–H groups in total. The SMILES string of the molecule is COc1cc(Cl)c(-c2ccc(F)cc2N)cc1Cl. The molecule has 0 aromatic heterocycles. The quantitative estimate of drug-likeness (QED) is 0.831. The molecule has 94 valence electrons. The fourth-order valence-corrected chi connectivity index (χ4v) is 2.17. The van der Waals surface area contributed by atoms with Crippen molar-refractivity contribution < 1.29 is 9.13 Å². The first-order valence-corrected chi connectivity index (χ1v) is 5.87. The van der Waals surface area contributed by atoms with E-state index in [4.69, 9.17) is 33.7 Å². The maximum absolute atomic E-state index is 13.0. The average molecular weight is 286 g/mol. The summed E-state index contributed by atoms with van der Waals surface area (Å²) < 4.78 is 18.1. The Hall–Kier alpha value is -1.45. The highest BCUT2D eigenvalue weighted by Gasteiger charge is 2.12. The number of benzene rings is 2. The lowest BCUT2D eigenvalue weighted by atomic mass is 10.0. The third-order valence-electron chi connectivity index (χ3n) is 2.55. The zero-order chi connectivity index (χ0) is 13.3. The van der Waals surface area contributed by atoms with Crippen molar-refractivity contribution in [2.75, 3.05) is 12.8 Å². The fraction of sp³-hybridized carbons (Fsp3) is 0.0769. The van der Waals surface area contributed by atoms with Gasteiger partial charge in [-0.25, -0.2) is 4.39 Å². The van der Waals surface area contributed by atoms with Gasteiger partial charge < -0.3 is 10.5 Å². The molecule has 18 heavy (non-hydrogen) atoms. The van der Waals surface area contributed by atoms with Crippen LogP contribution in [0.3, 0.4) is 0 Å². The Morgan fingerprint density at radius 3 is 2.39 bits per heavy atom. The number of rotatable bonds is 2. The lowest BCUT2D eigenvalue weighted by molar-refractivity contribution is 0.415. The summed E-state index contributed by atoms with van der Waals surface area (Å²) in [6, 6.07) is 7.37. The molecule has 2 nitrogen and oxygen atoms in total. The number of methoxy groups -OCH3 is 1. The number of anilines is 1. The zero-order valence-electron chi connectivity index (χ0n) is 9.51. The highest BCUT2D eigenvalue weighted by atomic mass is 35.5. The molecule has 0 atom stereocenters. The van der Waals surface area contributed by atoms with Gasteiger partial charge in [-0.3, -0.25) is 0 Å². The van der Waals surface area contributed by atoms with E-state index in [0.29, 0.717) is 32.6 Å². The largest absolute Gasteiger partial charge is 0.495 e. The lowest BCUT2D eigenvalue weighted by Crippen LogP contribution is -1.93. The van der Waals surface area contributed by atoms with E-state index in [1.165, 1.54) is 19.2 Å². The van der Waals surface area contributed by atoms with E-state index in [-0.39, 0.29) is 0 Å². The van der Waals surface area contributed by atoms with Gasteiger partial charge in [0, 0.05) is 22.9 Å². The minimum absolute atomic E-state index is 0.304. The minimum atomic E-state index is -0.396. The van der Waals surface area contributed by atoms with Gasteiger partial charge in [-0.05, 0) is 24.3 Å². The molecule has 0 heterocycles. The molecule has 0 spiro atoms. The number of hydrogen-bond acceptors (Lipinski definition) is 2. The van der Waals surface area contributed by atoms with Gasteiger partial charge in [0.25, 0.3) is 0 Å². The number of nitrogen functional groups attached to an aromatic ring is 1. The molecule has 0 aliphatic heterocycles. The molecule has 0 aliphatic rings. The van der Waals surface area contributed by atoms with E-state index >= 15 is 0 Å². The summed E-state index contributed by atoms with van der Waals surface area (Å²) >= 11 is 12.2. The van der Waals surface area contributed by atoms with E-state index < -0.39 is 5.82 Å². The summed E-state index contributed by atoms with van der Waals surface area (Å²) in [6.07, 6.45) is 0. The van der Waals surface area contributed by atoms with E-state index in [1.54, 1.807) is 18.2 Å². The van der Waals surface area contributed by atoms with Crippen LogP contribution in [0.15, 0.2) is 30.3 Å². The van der Waals surface area contributed by atoms with Gasteiger partial charge in [0.1, 0.15) is 11.6 Å². The van der Waals surface area contributed by atoms with Crippen LogP contribution in [0.2, 0.25) is 10.0 Å². The smallest absolute Gasteiger partial charge is 0.138 e. The summed E-state index contributed by atoms with van der Waals surface area (Å²) in [7, 11) is 1.50. The first-order chi connectivity index (χ1) is 8.52. The normalized spacial score (nSPS) is 10.4. The Kier molecular flexibility index (Phi) is 3.64. The Morgan fingerprint density at radius 2 is 1.78 bits per heavy atom. The van der Waals surface area contributed by atoms with Crippen molar-refractivity contribution in [3.05, 3.63) is 46.2 Å². The van der Waals surface area contributed by atoms with Crippen LogP contribution in [0.5, 0.6) is 5.75 Å². The van der Waals surface area contributed by atoms with Gasteiger partial charge >= 0.3 is 0 Å². The Balaban J connectivity index is 2.60. The van der Waals surface area contributed by atoms with Crippen LogP contribution in [-0.2, 0) is 0 Å². The average Bonchev–Trinajstić information content (AvgIpc) is 2.32.